The van der Waals surface area contributed by atoms with Crippen molar-refractivity contribution in [3.63, 3.8) is 0 Å². The second-order valence-electron chi connectivity index (χ2n) is 5.73. The van der Waals surface area contributed by atoms with E-state index in [0.29, 0.717) is 11.7 Å². The summed E-state index contributed by atoms with van der Waals surface area (Å²) in [5.41, 5.74) is 1.95. The van der Waals surface area contributed by atoms with Crippen LogP contribution in [0.5, 0.6) is 5.75 Å². The molecule has 5 nitrogen and oxygen atoms in total. The zero-order valence-electron chi connectivity index (χ0n) is 14.8. The molecule has 1 aromatic heterocycles. The van der Waals surface area contributed by atoms with Crippen molar-refractivity contribution in [2.45, 2.75) is 26.2 Å². The van der Waals surface area contributed by atoms with Crippen molar-refractivity contribution < 1.29 is 9.53 Å². The van der Waals surface area contributed by atoms with Crippen LogP contribution in [0.15, 0.2) is 54.6 Å². The van der Waals surface area contributed by atoms with Gasteiger partial charge in [0.2, 0.25) is 11.0 Å². The van der Waals surface area contributed by atoms with Gasteiger partial charge in [0.25, 0.3) is 0 Å². The molecule has 3 rings (SSSR count). The maximum Gasteiger partial charge on any atom is 0.233 e. The second-order valence-corrected chi connectivity index (χ2v) is 6.71. The Morgan fingerprint density at radius 1 is 1.08 bits per heavy atom. The van der Waals surface area contributed by atoms with Crippen LogP contribution in [0.1, 0.15) is 31.7 Å². The van der Waals surface area contributed by atoms with E-state index in [-0.39, 0.29) is 11.8 Å². The first-order valence-electron chi connectivity index (χ1n) is 8.63. The van der Waals surface area contributed by atoms with E-state index in [0.717, 1.165) is 28.3 Å². The number of amides is 1. The lowest BCUT2D eigenvalue weighted by molar-refractivity contribution is -0.117. The Morgan fingerprint density at radius 3 is 2.46 bits per heavy atom. The van der Waals surface area contributed by atoms with Crippen molar-refractivity contribution in [2.75, 3.05) is 11.9 Å². The third-order valence-electron chi connectivity index (χ3n) is 3.99. The molecule has 0 aliphatic heterocycles. The molecule has 0 aliphatic carbocycles. The minimum Gasteiger partial charge on any atom is -0.494 e. The monoisotopic (exact) mass is 367 g/mol. The van der Waals surface area contributed by atoms with Gasteiger partial charge in [0.05, 0.1) is 12.5 Å². The van der Waals surface area contributed by atoms with Gasteiger partial charge in [-0.25, -0.2) is 0 Å². The van der Waals surface area contributed by atoms with Gasteiger partial charge in [-0.15, -0.1) is 10.2 Å². The van der Waals surface area contributed by atoms with Crippen molar-refractivity contribution >= 4 is 22.4 Å². The molecule has 1 heterocycles. The molecule has 0 fully saturated rings. The number of anilines is 1. The zero-order chi connectivity index (χ0) is 18.4. The summed E-state index contributed by atoms with van der Waals surface area (Å²) in [7, 11) is 0. The molecular formula is C20H21N3O2S. The summed E-state index contributed by atoms with van der Waals surface area (Å²) in [6, 6.07) is 17.5. The summed E-state index contributed by atoms with van der Waals surface area (Å²) in [6.07, 6.45) is 0.723. The van der Waals surface area contributed by atoms with Crippen LogP contribution in [0.3, 0.4) is 0 Å². The third kappa shape index (κ3) is 4.26. The fourth-order valence-electron chi connectivity index (χ4n) is 2.70. The van der Waals surface area contributed by atoms with Gasteiger partial charge in [-0.3, -0.25) is 10.1 Å². The molecule has 0 spiro atoms. The van der Waals surface area contributed by atoms with E-state index in [2.05, 4.69) is 15.5 Å². The van der Waals surface area contributed by atoms with E-state index in [1.54, 1.807) is 0 Å². The van der Waals surface area contributed by atoms with Crippen LogP contribution in [0.2, 0.25) is 0 Å². The Balaban J connectivity index is 1.70. The highest BCUT2D eigenvalue weighted by atomic mass is 32.1. The summed E-state index contributed by atoms with van der Waals surface area (Å²) in [4.78, 5) is 12.6. The number of ether oxygens (including phenoxy) is 1. The van der Waals surface area contributed by atoms with Gasteiger partial charge in [-0.2, -0.15) is 0 Å². The molecule has 1 amide bonds. The highest BCUT2D eigenvalue weighted by Crippen LogP contribution is 2.29. The van der Waals surface area contributed by atoms with Crippen LogP contribution >= 0.6 is 11.3 Å². The highest BCUT2D eigenvalue weighted by molar-refractivity contribution is 7.18. The fraction of sp³-hybridized carbons (Fsp3) is 0.250. The molecule has 0 radical (unpaired) electrons. The maximum atomic E-state index is 12.6. The summed E-state index contributed by atoms with van der Waals surface area (Å²) in [6.45, 7) is 4.59. The van der Waals surface area contributed by atoms with E-state index in [1.165, 1.54) is 11.3 Å². The molecule has 6 heteroatoms. The van der Waals surface area contributed by atoms with E-state index in [4.69, 9.17) is 4.74 Å². The normalized spacial score (nSPS) is 11.8. The van der Waals surface area contributed by atoms with Gasteiger partial charge in [0.1, 0.15) is 10.8 Å². The van der Waals surface area contributed by atoms with E-state index in [9.17, 15) is 4.79 Å². The molecule has 0 bridgehead atoms. The van der Waals surface area contributed by atoms with Crippen molar-refractivity contribution in [1.82, 2.24) is 10.2 Å². The molecule has 26 heavy (non-hydrogen) atoms. The number of hydrogen-bond acceptors (Lipinski definition) is 5. The molecule has 0 saturated heterocycles. The van der Waals surface area contributed by atoms with Gasteiger partial charge < -0.3 is 4.74 Å². The van der Waals surface area contributed by atoms with Gasteiger partial charge in [0, 0.05) is 5.56 Å². The lowest BCUT2D eigenvalue weighted by atomic mass is 9.96. The average Bonchev–Trinajstić information content (AvgIpc) is 3.12. The van der Waals surface area contributed by atoms with Gasteiger partial charge in [0.15, 0.2) is 0 Å². The number of nitrogens with zero attached hydrogens (tertiary/aromatic N) is 2. The van der Waals surface area contributed by atoms with Crippen LogP contribution in [-0.4, -0.2) is 22.7 Å². The highest BCUT2D eigenvalue weighted by Gasteiger charge is 2.20. The molecule has 1 N–H and O–H groups in total. The average molecular weight is 367 g/mol. The number of carbonyl (C=O) groups excluding carboxylic acids is 1. The standard InChI is InChI=1S/C20H21N3O2S/c1-3-17(14-8-6-5-7-9-14)18(24)21-20-23-22-19(26-20)15-10-12-16(13-11-15)25-4-2/h5-13,17H,3-4H2,1-2H3,(H,21,23,24)/t17-/m1/s1. The first-order chi connectivity index (χ1) is 12.7. The smallest absolute Gasteiger partial charge is 0.233 e. The van der Waals surface area contributed by atoms with Crippen molar-refractivity contribution in [3.8, 4) is 16.3 Å². The largest absolute Gasteiger partial charge is 0.494 e. The summed E-state index contributed by atoms with van der Waals surface area (Å²) < 4.78 is 5.45. The van der Waals surface area contributed by atoms with E-state index in [1.807, 2.05) is 68.4 Å². The molecule has 2 aromatic carbocycles. The minimum atomic E-state index is -0.200. The van der Waals surface area contributed by atoms with Gasteiger partial charge in [-0.1, -0.05) is 48.6 Å². The van der Waals surface area contributed by atoms with Crippen LogP contribution < -0.4 is 10.1 Å². The number of aromatic nitrogens is 2. The predicted molar refractivity (Wildman–Crippen MR) is 105 cm³/mol. The van der Waals surface area contributed by atoms with Crippen molar-refractivity contribution in [1.29, 1.82) is 0 Å². The van der Waals surface area contributed by atoms with Gasteiger partial charge in [-0.05, 0) is 43.2 Å². The maximum absolute atomic E-state index is 12.6. The number of nitrogens with one attached hydrogen (secondary N) is 1. The molecule has 0 unspecified atom stereocenters. The first kappa shape index (κ1) is 18.1. The molecular weight excluding hydrogens is 346 g/mol. The predicted octanol–water partition coefficient (Wildman–Crippen LogP) is 4.74. The lowest BCUT2D eigenvalue weighted by Gasteiger charge is -2.13. The SMILES string of the molecule is CCOc1ccc(-c2nnc(NC(=O)[C@H](CC)c3ccccc3)s2)cc1. The lowest BCUT2D eigenvalue weighted by Crippen LogP contribution is -2.20. The van der Waals surface area contributed by atoms with Crippen molar-refractivity contribution in [3.05, 3.63) is 60.2 Å². The summed E-state index contributed by atoms with van der Waals surface area (Å²) in [5, 5.41) is 12.5. The van der Waals surface area contributed by atoms with Crippen molar-refractivity contribution in [2.24, 2.45) is 0 Å². The quantitative estimate of drug-likeness (QED) is 0.655. The zero-order valence-corrected chi connectivity index (χ0v) is 15.6. The van der Waals surface area contributed by atoms with Crippen LogP contribution in [0.25, 0.3) is 10.6 Å². The Labute approximate surface area is 157 Å². The number of carbonyl (C=O) groups is 1. The fourth-order valence-corrected chi connectivity index (χ4v) is 3.45. The van der Waals surface area contributed by atoms with Crippen LogP contribution in [0, 0.1) is 0 Å². The summed E-state index contributed by atoms with van der Waals surface area (Å²) in [5.74, 6) is 0.560. The molecule has 134 valence electrons. The number of rotatable bonds is 7. The topological polar surface area (TPSA) is 64.1 Å². The van der Waals surface area contributed by atoms with E-state index >= 15 is 0 Å². The Bertz CT molecular complexity index is 847. The van der Waals surface area contributed by atoms with Crippen LogP contribution in [0.4, 0.5) is 5.13 Å². The Hall–Kier alpha value is -2.73. The molecule has 0 saturated carbocycles. The Morgan fingerprint density at radius 2 is 1.81 bits per heavy atom. The molecule has 3 aromatic rings. The van der Waals surface area contributed by atoms with E-state index < -0.39 is 0 Å². The Kier molecular flexibility index (Phi) is 5.96. The summed E-state index contributed by atoms with van der Waals surface area (Å²) >= 11 is 1.36. The third-order valence-corrected chi connectivity index (χ3v) is 4.88. The number of benzene rings is 2. The molecule has 1 atom stereocenters. The minimum absolute atomic E-state index is 0.0620. The second kappa shape index (κ2) is 8.58. The first-order valence-corrected chi connectivity index (χ1v) is 9.45. The molecule has 0 aliphatic rings. The number of hydrogen-bond donors (Lipinski definition) is 1. The van der Waals surface area contributed by atoms with Crippen LogP contribution in [-0.2, 0) is 4.79 Å². The van der Waals surface area contributed by atoms with Gasteiger partial charge >= 0.3 is 0 Å².